The Morgan fingerprint density at radius 2 is 0.667 bits per heavy atom. The number of ether oxygens (including phenoxy) is 3. The van der Waals surface area contributed by atoms with Gasteiger partial charge in [0, 0.05) is 39.6 Å². The van der Waals surface area contributed by atoms with Crippen LogP contribution in [-0.2, 0) is 14.2 Å². The predicted molar refractivity (Wildman–Crippen MR) is 135 cm³/mol. The fourth-order valence-electron chi connectivity index (χ4n) is 1.19. The van der Waals surface area contributed by atoms with Crippen LogP contribution >= 0.6 is 0 Å². The lowest BCUT2D eigenvalue weighted by molar-refractivity contribution is 0.128. The van der Waals surface area contributed by atoms with Crippen molar-refractivity contribution in [3.8, 4) is 0 Å². The molecular formula is C24H66O3. The van der Waals surface area contributed by atoms with Gasteiger partial charge in [-0.1, -0.05) is 85.1 Å². The smallest absolute Gasteiger partial charge is 0.0465 e. The number of hydrogen-bond acceptors (Lipinski definition) is 3. The van der Waals surface area contributed by atoms with Crippen LogP contribution in [0.2, 0.25) is 0 Å². The maximum Gasteiger partial charge on any atom is 0.0465 e. The summed E-state index contributed by atoms with van der Waals surface area (Å²) in [7, 11) is 0. The molecule has 0 N–H and O–H groups in total. The summed E-state index contributed by atoms with van der Waals surface area (Å²) in [6.45, 7) is 18.0. The molecule has 0 spiro atoms. The van der Waals surface area contributed by atoms with Crippen molar-refractivity contribution in [2.24, 2.45) is 0 Å². The van der Waals surface area contributed by atoms with Crippen LogP contribution in [0.1, 0.15) is 125 Å². The van der Waals surface area contributed by atoms with Gasteiger partial charge >= 0.3 is 0 Å². The van der Waals surface area contributed by atoms with Crippen molar-refractivity contribution in [1.82, 2.24) is 0 Å². The van der Waals surface area contributed by atoms with Gasteiger partial charge in [-0.3, -0.25) is 0 Å². The molecule has 3 heteroatoms. The van der Waals surface area contributed by atoms with Gasteiger partial charge in [0.15, 0.2) is 0 Å². The molecule has 0 unspecified atom stereocenters. The molecule has 0 atom stereocenters. The SMILES string of the molecule is C.C.C.C.C.C.CCCCOCCCC.CCCOCCC.CCOCC. The van der Waals surface area contributed by atoms with Crippen LogP contribution in [0, 0.1) is 0 Å². The lowest BCUT2D eigenvalue weighted by atomic mass is 10.3. The first-order valence-corrected chi connectivity index (χ1v) is 8.97. The summed E-state index contributed by atoms with van der Waals surface area (Å²) in [6.07, 6.45) is 7.19. The first-order valence-electron chi connectivity index (χ1n) is 8.97. The molecule has 0 aliphatic carbocycles. The van der Waals surface area contributed by atoms with E-state index in [0.717, 1.165) is 52.5 Å². The van der Waals surface area contributed by atoms with Crippen molar-refractivity contribution in [1.29, 1.82) is 0 Å². The molecule has 0 saturated heterocycles. The van der Waals surface area contributed by atoms with Gasteiger partial charge < -0.3 is 14.2 Å². The summed E-state index contributed by atoms with van der Waals surface area (Å²) in [6, 6.07) is 0. The Morgan fingerprint density at radius 1 is 0.370 bits per heavy atom. The van der Waals surface area contributed by atoms with Gasteiger partial charge in [-0.25, -0.2) is 0 Å². The zero-order valence-electron chi connectivity index (χ0n) is 15.7. The molecule has 0 fully saturated rings. The van der Waals surface area contributed by atoms with Crippen LogP contribution in [-0.4, -0.2) is 39.6 Å². The molecule has 0 radical (unpaired) electrons. The summed E-state index contributed by atoms with van der Waals surface area (Å²) < 4.78 is 15.3. The van der Waals surface area contributed by atoms with Gasteiger partial charge in [0.05, 0.1) is 0 Å². The Kier molecular flexibility index (Phi) is 151. The fraction of sp³-hybridized carbons (Fsp3) is 1.00. The van der Waals surface area contributed by atoms with E-state index >= 15 is 0 Å². The first-order chi connectivity index (χ1) is 10.2. The molecule has 0 bridgehead atoms. The molecule has 0 aromatic carbocycles. The Balaban J connectivity index is -0.0000000238. The highest BCUT2D eigenvalue weighted by Gasteiger charge is 1.84. The molecule has 3 nitrogen and oxygen atoms in total. The van der Waals surface area contributed by atoms with Crippen molar-refractivity contribution in [3.63, 3.8) is 0 Å². The molecule has 27 heavy (non-hydrogen) atoms. The zero-order chi connectivity index (χ0) is 16.6. The normalized spacial score (nSPS) is 7.33. The maximum absolute atomic E-state index is 5.31. The zero-order valence-corrected chi connectivity index (χ0v) is 15.7. The van der Waals surface area contributed by atoms with E-state index in [-0.39, 0.29) is 44.6 Å². The van der Waals surface area contributed by atoms with E-state index in [2.05, 4.69) is 27.7 Å². The largest absolute Gasteiger partial charge is 0.382 e. The average Bonchev–Trinajstić information content (AvgIpc) is 2.50. The molecule has 0 aliphatic heterocycles. The highest BCUT2D eigenvalue weighted by atomic mass is 16.5. The Morgan fingerprint density at radius 3 is 0.852 bits per heavy atom. The van der Waals surface area contributed by atoms with Crippen molar-refractivity contribution >= 4 is 0 Å². The molecule has 0 amide bonds. The highest BCUT2D eigenvalue weighted by Crippen LogP contribution is 1.91. The lowest BCUT2D eigenvalue weighted by Gasteiger charge is -1.99. The topological polar surface area (TPSA) is 27.7 Å². The van der Waals surface area contributed by atoms with Gasteiger partial charge in [0.2, 0.25) is 0 Å². The third-order valence-corrected chi connectivity index (χ3v) is 2.39. The van der Waals surface area contributed by atoms with E-state index in [1.807, 2.05) is 13.8 Å². The minimum Gasteiger partial charge on any atom is -0.382 e. The standard InChI is InChI=1S/C8H18O.C6H14O.C4H10O.6CH4/c1-3-5-7-9-8-6-4-2;1-3-5-7-6-4-2;1-3-5-4-2;;;;;;/h3-8H2,1-2H3;3-6H2,1-2H3;3-4H2,1-2H3;6*1H4. The molecule has 0 heterocycles. The van der Waals surface area contributed by atoms with Crippen molar-refractivity contribution in [2.45, 2.75) is 125 Å². The first kappa shape index (κ1) is 56.3. The summed E-state index contributed by atoms with van der Waals surface area (Å²) in [5.74, 6) is 0. The maximum atomic E-state index is 5.31. The van der Waals surface area contributed by atoms with Crippen LogP contribution in [0.5, 0.6) is 0 Å². The number of hydrogen-bond donors (Lipinski definition) is 0. The molecule has 180 valence electrons. The second-order valence-corrected chi connectivity index (χ2v) is 4.71. The Labute approximate surface area is 179 Å². The highest BCUT2D eigenvalue weighted by molar-refractivity contribution is 4.33. The van der Waals surface area contributed by atoms with E-state index in [9.17, 15) is 0 Å². The van der Waals surface area contributed by atoms with Crippen LogP contribution in [0.4, 0.5) is 0 Å². The minimum absolute atomic E-state index is 0. The minimum atomic E-state index is 0. The van der Waals surface area contributed by atoms with Crippen LogP contribution < -0.4 is 0 Å². The van der Waals surface area contributed by atoms with Gasteiger partial charge in [-0.2, -0.15) is 0 Å². The molecule has 0 rings (SSSR count). The molecule has 0 aromatic heterocycles. The van der Waals surface area contributed by atoms with Crippen LogP contribution in [0.25, 0.3) is 0 Å². The Hall–Kier alpha value is -0.120. The van der Waals surface area contributed by atoms with E-state index in [1.54, 1.807) is 0 Å². The van der Waals surface area contributed by atoms with E-state index in [4.69, 9.17) is 14.2 Å². The van der Waals surface area contributed by atoms with E-state index in [0.29, 0.717) is 0 Å². The average molecular weight is 403 g/mol. The summed E-state index contributed by atoms with van der Waals surface area (Å²) in [5, 5.41) is 0. The lowest BCUT2D eigenvalue weighted by Crippen LogP contribution is -1.95. The van der Waals surface area contributed by atoms with Gasteiger partial charge in [-0.05, 0) is 39.5 Å². The molecule has 0 aliphatic rings. The molecule has 0 saturated carbocycles. The van der Waals surface area contributed by atoms with Crippen LogP contribution in [0.3, 0.4) is 0 Å². The number of unbranched alkanes of at least 4 members (excludes halogenated alkanes) is 2. The quantitative estimate of drug-likeness (QED) is 0.304. The van der Waals surface area contributed by atoms with Crippen molar-refractivity contribution < 1.29 is 14.2 Å². The third kappa shape index (κ3) is 105. The van der Waals surface area contributed by atoms with E-state index in [1.165, 1.54) is 25.7 Å². The predicted octanol–water partition coefficient (Wildman–Crippen LogP) is 9.29. The monoisotopic (exact) mass is 403 g/mol. The second-order valence-electron chi connectivity index (χ2n) is 4.71. The summed E-state index contributed by atoms with van der Waals surface area (Å²) >= 11 is 0. The fourth-order valence-corrected chi connectivity index (χ4v) is 1.19. The summed E-state index contributed by atoms with van der Waals surface area (Å²) in [4.78, 5) is 0. The van der Waals surface area contributed by atoms with Gasteiger partial charge in [0.25, 0.3) is 0 Å². The second kappa shape index (κ2) is 72.4. The van der Waals surface area contributed by atoms with Gasteiger partial charge in [0.1, 0.15) is 0 Å². The van der Waals surface area contributed by atoms with Crippen molar-refractivity contribution in [3.05, 3.63) is 0 Å². The molecule has 0 aromatic rings. The van der Waals surface area contributed by atoms with Crippen molar-refractivity contribution in [2.75, 3.05) is 39.6 Å². The number of rotatable bonds is 12. The summed E-state index contributed by atoms with van der Waals surface area (Å²) in [5.41, 5.74) is 0. The van der Waals surface area contributed by atoms with E-state index < -0.39 is 0 Å². The van der Waals surface area contributed by atoms with Gasteiger partial charge in [-0.15, -0.1) is 0 Å². The van der Waals surface area contributed by atoms with Crippen LogP contribution in [0.15, 0.2) is 0 Å². The molecular weight excluding hydrogens is 336 g/mol. The Bertz CT molecular complexity index is 119. The third-order valence-electron chi connectivity index (χ3n) is 2.39.